The molecule has 20 heavy (non-hydrogen) atoms. The third-order valence-corrected chi connectivity index (χ3v) is 5.54. The molecule has 1 saturated heterocycles. The quantitative estimate of drug-likeness (QED) is 0.811. The molecule has 2 heteroatoms. The van der Waals surface area contributed by atoms with Crippen LogP contribution >= 0.6 is 11.8 Å². The predicted molar refractivity (Wildman–Crippen MR) is 87.5 cm³/mol. The van der Waals surface area contributed by atoms with Crippen LogP contribution < -0.4 is 0 Å². The smallest absolute Gasteiger partial charge is 0.0740 e. The molecular formula is C18H22OS. The topological polar surface area (TPSA) is 20.2 Å². The monoisotopic (exact) mass is 286 g/mol. The zero-order chi connectivity index (χ0) is 14.4. The highest BCUT2D eigenvalue weighted by molar-refractivity contribution is 8.04. The Morgan fingerprint density at radius 2 is 1.85 bits per heavy atom. The number of rotatable bonds is 1. The lowest BCUT2D eigenvalue weighted by atomic mass is 9.77. The lowest BCUT2D eigenvalue weighted by Crippen LogP contribution is -2.45. The minimum atomic E-state index is -0.652. The van der Waals surface area contributed by atoms with Crippen molar-refractivity contribution in [2.75, 3.05) is 0 Å². The Morgan fingerprint density at radius 3 is 2.55 bits per heavy atom. The van der Waals surface area contributed by atoms with Crippen molar-refractivity contribution in [3.8, 4) is 0 Å². The van der Waals surface area contributed by atoms with Gasteiger partial charge in [0.1, 0.15) is 0 Å². The van der Waals surface area contributed by atoms with E-state index in [1.54, 1.807) is 0 Å². The van der Waals surface area contributed by atoms with E-state index >= 15 is 0 Å². The summed E-state index contributed by atoms with van der Waals surface area (Å²) in [5.41, 5.74) is 1.95. The largest absolute Gasteiger partial charge is 0.389 e. The van der Waals surface area contributed by atoms with Crippen LogP contribution in [0.2, 0.25) is 0 Å². The van der Waals surface area contributed by atoms with E-state index in [2.05, 4.69) is 50.3 Å². The van der Waals surface area contributed by atoms with Crippen LogP contribution in [-0.2, 0) is 0 Å². The van der Waals surface area contributed by atoms with Gasteiger partial charge in [-0.2, -0.15) is 0 Å². The van der Waals surface area contributed by atoms with Gasteiger partial charge in [-0.05, 0) is 35.8 Å². The fourth-order valence-electron chi connectivity index (χ4n) is 3.47. The molecule has 0 spiro atoms. The van der Waals surface area contributed by atoms with Crippen LogP contribution in [0.25, 0.3) is 5.57 Å². The molecule has 1 fully saturated rings. The van der Waals surface area contributed by atoms with E-state index in [0.717, 1.165) is 12.8 Å². The molecule has 0 bridgehead atoms. The van der Waals surface area contributed by atoms with Gasteiger partial charge in [-0.1, -0.05) is 56.3 Å². The highest BCUT2D eigenvalue weighted by Gasteiger charge is 2.45. The summed E-state index contributed by atoms with van der Waals surface area (Å²) in [4.78, 5) is 1.34. The van der Waals surface area contributed by atoms with Gasteiger partial charge in [0, 0.05) is 10.7 Å². The summed E-state index contributed by atoms with van der Waals surface area (Å²) in [6.45, 7) is 6.43. The Labute approximate surface area is 125 Å². The predicted octanol–water partition coefficient (Wildman–Crippen LogP) is 4.64. The summed E-state index contributed by atoms with van der Waals surface area (Å²) >= 11 is 1.93. The summed E-state index contributed by atoms with van der Waals surface area (Å²) < 4.78 is 0.115. The van der Waals surface area contributed by atoms with Crippen molar-refractivity contribution < 1.29 is 5.11 Å². The maximum Gasteiger partial charge on any atom is 0.0740 e. The molecule has 0 radical (unpaired) electrons. The van der Waals surface area contributed by atoms with Gasteiger partial charge in [0.05, 0.1) is 5.60 Å². The number of hydrogen-bond donors (Lipinski definition) is 1. The normalized spacial score (nSPS) is 32.1. The molecule has 1 aliphatic carbocycles. The van der Waals surface area contributed by atoms with Crippen LogP contribution in [0, 0.1) is 5.92 Å². The summed E-state index contributed by atoms with van der Waals surface area (Å²) in [6.07, 6.45) is 6.39. The number of allylic oxidation sites excluding steroid dienone is 2. The summed E-state index contributed by atoms with van der Waals surface area (Å²) in [5.74, 6) is 0.143. The maximum absolute atomic E-state index is 10.9. The molecule has 1 N–H and O–H groups in total. The fraction of sp³-hybridized carbons (Fsp3) is 0.444. The lowest BCUT2D eigenvalue weighted by Gasteiger charge is -2.46. The van der Waals surface area contributed by atoms with E-state index in [0.29, 0.717) is 0 Å². The van der Waals surface area contributed by atoms with Gasteiger partial charge in [-0.25, -0.2) is 0 Å². The number of aliphatic hydroxyl groups is 1. The van der Waals surface area contributed by atoms with Crippen molar-refractivity contribution in [3.05, 3.63) is 53.0 Å². The first-order valence-corrected chi connectivity index (χ1v) is 8.07. The van der Waals surface area contributed by atoms with Crippen LogP contribution in [0.5, 0.6) is 0 Å². The van der Waals surface area contributed by atoms with Crippen LogP contribution in [0.3, 0.4) is 0 Å². The Morgan fingerprint density at radius 1 is 1.15 bits per heavy atom. The Bertz CT molecular complexity index is 566. The first-order chi connectivity index (χ1) is 9.37. The van der Waals surface area contributed by atoms with Gasteiger partial charge in [-0.15, -0.1) is 11.8 Å². The molecule has 106 valence electrons. The van der Waals surface area contributed by atoms with E-state index in [9.17, 15) is 5.11 Å². The standard InChI is InChI=1S/C18H22OS/c1-17(2)12-18(3,19)15-11-14(9-10-16(15)20-17)13-7-5-4-6-8-13/h4-8,10-11,15,19H,9,12H2,1-3H3/t15-,18-/m1/s1. The highest BCUT2D eigenvalue weighted by atomic mass is 32.2. The molecule has 1 nitrogen and oxygen atoms in total. The zero-order valence-electron chi connectivity index (χ0n) is 12.4. The Hall–Kier alpha value is -0.990. The van der Waals surface area contributed by atoms with E-state index in [1.165, 1.54) is 16.0 Å². The van der Waals surface area contributed by atoms with E-state index in [4.69, 9.17) is 0 Å². The Kier molecular flexibility index (Phi) is 3.34. The zero-order valence-corrected chi connectivity index (χ0v) is 13.2. The summed E-state index contributed by atoms with van der Waals surface area (Å²) in [5, 5.41) is 10.9. The van der Waals surface area contributed by atoms with Crippen LogP contribution in [0.4, 0.5) is 0 Å². The first kappa shape index (κ1) is 14.0. The molecule has 2 aliphatic rings. The van der Waals surface area contributed by atoms with Gasteiger partial charge in [0.15, 0.2) is 0 Å². The molecule has 1 heterocycles. The molecule has 0 amide bonds. The third kappa shape index (κ3) is 2.59. The van der Waals surface area contributed by atoms with Crippen molar-refractivity contribution in [1.29, 1.82) is 0 Å². The van der Waals surface area contributed by atoms with Crippen LogP contribution in [-0.4, -0.2) is 15.5 Å². The van der Waals surface area contributed by atoms with Gasteiger partial charge in [0.25, 0.3) is 0 Å². The average Bonchev–Trinajstić information content (AvgIpc) is 2.37. The molecular weight excluding hydrogens is 264 g/mol. The second-order valence-corrected chi connectivity index (χ2v) is 8.52. The van der Waals surface area contributed by atoms with Crippen molar-refractivity contribution in [2.24, 2.45) is 5.92 Å². The molecule has 1 aliphatic heterocycles. The average molecular weight is 286 g/mol. The summed E-state index contributed by atoms with van der Waals surface area (Å²) in [7, 11) is 0. The van der Waals surface area contributed by atoms with Crippen molar-refractivity contribution in [3.63, 3.8) is 0 Å². The number of fused-ring (bicyclic) bond motifs is 1. The van der Waals surface area contributed by atoms with Gasteiger partial charge in [0.2, 0.25) is 0 Å². The lowest BCUT2D eigenvalue weighted by molar-refractivity contribution is 0.0135. The SMILES string of the molecule is CC1(C)C[C@@](C)(O)[C@@H]2C=C(c3ccccc3)CC=C2S1. The maximum atomic E-state index is 10.9. The second kappa shape index (κ2) is 4.78. The van der Waals surface area contributed by atoms with Crippen LogP contribution in [0.15, 0.2) is 47.4 Å². The first-order valence-electron chi connectivity index (χ1n) is 7.25. The molecule has 0 saturated carbocycles. The fourth-order valence-corrected chi connectivity index (χ4v) is 5.09. The van der Waals surface area contributed by atoms with Crippen LogP contribution in [0.1, 0.15) is 39.2 Å². The summed E-state index contributed by atoms with van der Waals surface area (Å²) in [6, 6.07) is 10.5. The van der Waals surface area contributed by atoms with Crippen molar-refractivity contribution >= 4 is 17.3 Å². The highest BCUT2D eigenvalue weighted by Crippen LogP contribution is 2.53. The van der Waals surface area contributed by atoms with Gasteiger partial charge >= 0.3 is 0 Å². The van der Waals surface area contributed by atoms with Gasteiger partial charge < -0.3 is 5.11 Å². The van der Waals surface area contributed by atoms with E-state index in [1.807, 2.05) is 24.8 Å². The molecule has 1 aromatic rings. The van der Waals surface area contributed by atoms with Crippen molar-refractivity contribution in [1.82, 2.24) is 0 Å². The third-order valence-electron chi connectivity index (χ3n) is 4.19. The molecule has 0 unspecified atom stereocenters. The van der Waals surface area contributed by atoms with E-state index < -0.39 is 5.60 Å². The van der Waals surface area contributed by atoms with Gasteiger partial charge in [-0.3, -0.25) is 0 Å². The number of hydrogen-bond acceptors (Lipinski definition) is 2. The Balaban J connectivity index is 1.95. The minimum absolute atomic E-state index is 0.115. The molecule has 1 aromatic carbocycles. The number of benzene rings is 1. The molecule has 3 rings (SSSR count). The second-order valence-electron chi connectivity index (χ2n) is 6.74. The minimum Gasteiger partial charge on any atom is -0.389 e. The molecule has 2 atom stereocenters. The van der Waals surface area contributed by atoms with E-state index in [-0.39, 0.29) is 10.7 Å². The van der Waals surface area contributed by atoms with Crippen molar-refractivity contribution in [2.45, 2.75) is 44.0 Å². The molecule has 0 aromatic heterocycles. The number of thioether (sulfide) groups is 1.